The number of ether oxygens (including phenoxy) is 1. The first-order valence-electron chi connectivity index (χ1n) is 11.1. The predicted octanol–water partition coefficient (Wildman–Crippen LogP) is 2.69. The van der Waals surface area contributed by atoms with Crippen LogP contribution in [0.25, 0.3) is 0 Å². The predicted molar refractivity (Wildman–Crippen MR) is 108 cm³/mol. The van der Waals surface area contributed by atoms with Crippen LogP contribution in [0.15, 0.2) is 18.3 Å². The van der Waals surface area contributed by atoms with Crippen molar-refractivity contribution in [1.29, 1.82) is 0 Å². The number of aryl methyl sites for hydroxylation is 1. The summed E-state index contributed by atoms with van der Waals surface area (Å²) >= 11 is 0. The van der Waals surface area contributed by atoms with Crippen LogP contribution in [0.5, 0.6) is 0 Å². The molecular formula is C22H34N4O2. The third kappa shape index (κ3) is 3.45. The molecule has 1 aromatic heterocycles. The lowest BCUT2D eigenvalue weighted by Crippen LogP contribution is -2.57. The van der Waals surface area contributed by atoms with E-state index in [4.69, 9.17) is 4.74 Å². The van der Waals surface area contributed by atoms with Crippen LogP contribution in [-0.4, -0.2) is 76.3 Å². The Labute approximate surface area is 168 Å². The summed E-state index contributed by atoms with van der Waals surface area (Å²) in [5, 5.41) is 0. The van der Waals surface area contributed by atoms with Crippen LogP contribution in [0.3, 0.4) is 0 Å². The molecule has 0 N–H and O–H groups in total. The molecule has 0 aromatic carbocycles. The van der Waals surface area contributed by atoms with Gasteiger partial charge in [-0.05, 0) is 56.6 Å². The maximum Gasteiger partial charge on any atom is 0.320 e. The van der Waals surface area contributed by atoms with Crippen molar-refractivity contribution >= 4 is 6.03 Å². The van der Waals surface area contributed by atoms with E-state index in [0.29, 0.717) is 12.1 Å². The van der Waals surface area contributed by atoms with E-state index in [1.54, 1.807) is 0 Å². The van der Waals surface area contributed by atoms with Gasteiger partial charge in [-0.1, -0.05) is 0 Å². The lowest BCUT2D eigenvalue weighted by Gasteiger charge is -2.46. The Morgan fingerprint density at radius 3 is 2.54 bits per heavy atom. The average Bonchev–Trinajstić information content (AvgIpc) is 3.38. The van der Waals surface area contributed by atoms with E-state index in [1.165, 1.54) is 18.5 Å². The molecular weight excluding hydrogens is 352 g/mol. The molecule has 0 radical (unpaired) electrons. The number of rotatable bonds is 5. The molecule has 1 aliphatic carbocycles. The number of piperidine rings is 1. The summed E-state index contributed by atoms with van der Waals surface area (Å²) in [6.45, 7) is 6.67. The van der Waals surface area contributed by atoms with Crippen molar-refractivity contribution in [2.45, 2.75) is 56.7 Å². The van der Waals surface area contributed by atoms with Gasteiger partial charge in [-0.3, -0.25) is 4.90 Å². The molecule has 0 atom stereocenters. The molecule has 4 aliphatic rings. The minimum atomic E-state index is 0.0230. The second-order valence-corrected chi connectivity index (χ2v) is 9.43. The van der Waals surface area contributed by atoms with Crippen LogP contribution in [0, 0.1) is 5.92 Å². The summed E-state index contributed by atoms with van der Waals surface area (Å²) in [5.74, 6) is 0.757. The Bertz CT molecular complexity index is 699. The number of amides is 2. The molecule has 1 aromatic rings. The second kappa shape index (κ2) is 7.38. The smallest absolute Gasteiger partial charge is 0.320 e. The number of carbonyl (C=O) groups is 1. The summed E-state index contributed by atoms with van der Waals surface area (Å²) < 4.78 is 7.89. The van der Waals surface area contributed by atoms with Crippen molar-refractivity contribution in [3.63, 3.8) is 0 Å². The van der Waals surface area contributed by atoms with E-state index in [9.17, 15) is 4.79 Å². The van der Waals surface area contributed by atoms with Crippen molar-refractivity contribution in [3.05, 3.63) is 24.0 Å². The van der Waals surface area contributed by atoms with Gasteiger partial charge in [0.05, 0.1) is 5.54 Å². The zero-order chi connectivity index (χ0) is 19.1. The zero-order valence-corrected chi connectivity index (χ0v) is 17.2. The summed E-state index contributed by atoms with van der Waals surface area (Å²) in [5.41, 5.74) is 1.39. The van der Waals surface area contributed by atoms with E-state index >= 15 is 0 Å². The number of hydrogen-bond acceptors (Lipinski definition) is 3. The lowest BCUT2D eigenvalue weighted by molar-refractivity contribution is -0.0168. The standard InChI is InChI=1S/C22H34N4O2/c1-23-10-2-3-20(23)16-24-11-6-19(7-12-24)26-21(27)25(15-18-4-5-18)17-22(26)8-13-28-14-9-22/h2-3,10,18-19H,4-9,11-17H2,1H3. The van der Waals surface area contributed by atoms with Gasteiger partial charge in [0.25, 0.3) is 0 Å². The van der Waals surface area contributed by atoms with Gasteiger partial charge in [0.2, 0.25) is 0 Å². The Balaban J connectivity index is 1.27. The Morgan fingerprint density at radius 1 is 1.14 bits per heavy atom. The highest BCUT2D eigenvalue weighted by molar-refractivity contribution is 5.78. The molecule has 0 unspecified atom stereocenters. The van der Waals surface area contributed by atoms with Gasteiger partial charge in [0.15, 0.2) is 0 Å². The van der Waals surface area contributed by atoms with Crippen LogP contribution in [0.1, 0.15) is 44.2 Å². The zero-order valence-electron chi connectivity index (χ0n) is 17.2. The Morgan fingerprint density at radius 2 is 1.89 bits per heavy atom. The molecule has 0 bridgehead atoms. The molecule has 4 heterocycles. The van der Waals surface area contributed by atoms with Crippen molar-refractivity contribution in [2.75, 3.05) is 39.4 Å². The van der Waals surface area contributed by atoms with Gasteiger partial charge in [-0.2, -0.15) is 0 Å². The molecule has 2 amide bonds. The number of urea groups is 1. The van der Waals surface area contributed by atoms with Crippen molar-refractivity contribution in [2.24, 2.45) is 13.0 Å². The van der Waals surface area contributed by atoms with Crippen LogP contribution < -0.4 is 0 Å². The molecule has 3 saturated heterocycles. The molecule has 6 nitrogen and oxygen atoms in total. The van der Waals surface area contributed by atoms with E-state index in [2.05, 4.69) is 44.6 Å². The number of nitrogens with zero attached hydrogens (tertiary/aromatic N) is 4. The monoisotopic (exact) mass is 386 g/mol. The molecule has 154 valence electrons. The lowest BCUT2D eigenvalue weighted by atomic mass is 9.86. The van der Waals surface area contributed by atoms with Gasteiger partial charge in [0.1, 0.15) is 0 Å². The van der Waals surface area contributed by atoms with E-state index < -0.39 is 0 Å². The first-order chi connectivity index (χ1) is 13.6. The first-order valence-corrected chi connectivity index (χ1v) is 11.1. The summed E-state index contributed by atoms with van der Waals surface area (Å²) in [6.07, 6.45) is 8.92. The fourth-order valence-corrected chi connectivity index (χ4v) is 5.53. The summed E-state index contributed by atoms with van der Waals surface area (Å²) in [4.78, 5) is 20.5. The number of aromatic nitrogens is 1. The molecule has 28 heavy (non-hydrogen) atoms. The van der Waals surface area contributed by atoms with Crippen LogP contribution in [0.2, 0.25) is 0 Å². The quantitative estimate of drug-likeness (QED) is 0.781. The van der Waals surface area contributed by atoms with E-state index in [1.807, 2.05) is 0 Å². The fourth-order valence-electron chi connectivity index (χ4n) is 5.53. The topological polar surface area (TPSA) is 41.0 Å². The number of likely N-dealkylation sites (tertiary alicyclic amines) is 1. The Hall–Kier alpha value is -1.53. The number of carbonyl (C=O) groups excluding carboxylic acids is 1. The van der Waals surface area contributed by atoms with Crippen molar-refractivity contribution < 1.29 is 9.53 Å². The van der Waals surface area contributed by atoms with Gasteiger partial charge in [0, 0.05) is 70.9 Å². The molecule has 1 spiro atoms. The first kappa shape index (κ1) is 18.5. The second-order valence-electron chi connectivity index (χ2n) is 9.43. The van der Waals surface area contributed by atoms with Gasteiger partial charge in [-0.25, -0.2) is 4.79 Å². The van der Waals surface area contributed by atoms with E-state index in [0.717, 1.165) is 77.5 Å². The third-order valence-corrected chi connectivity index (χ3v) is 7.43. The van der Waals surface area contributed by atoms with E-state index in [-0.39, 0.29) is 5.54 Å². The minimum Gasteiger partial charge on any atom is -0.381 e. The number of hydrogen-bond donors (Lipinski definition) is 0. The molecule has 5 rings (SSSR count). The fraction of sp³-hybridized carbons (Fsp3) is 0.773. The highest BCUT2D eigenvalue weighted by Crippen LogP contribution is 2.41. The van der Waals surface area contributed by atoms with Crippen LogP contribution >= 0.6 is 0 Å². The Kier molecular flexibility index (Phi) is 4.87. The van der Waals surface area contributed by atoms with Crippen molar-refractivity contribution in [3.8, 4) is 0 Å². The largest absolute Gasteiger partial charge is 0.381 e. The minimum absolute atomic E-state index is 0.0230. The maximum absolute atomic E-state index is 13.4. The maximum atomic E-state index is 13.4. The molecule has 6 heteroatoms. The average molecular weight is 387 g/mol. The molecule has 4 fully saturated rings. The normalized spacial score (nSPS) is 26.5. The summed E-state index contributed by atoms with van der Waals surface area (Å²) in [7, 11) is 2.12. The molecule has 3 aliphatic heterocycles. The molecule has 1 saturated carbocycles. The van der Waals surface area contributed by atoms with Crippen LogP contribution in [-0.2, 0) is 18.3 Å². The van der Waals surface area contributed by atoms with Gasteiger partial charge < -0.3 is 19.1 Å². The van der Waals surface area contributed by atoms with Crippen LogP contribution in [0.4, 0.5) is 4.79 Å². The third-order valence-electron chi connectivity index (χ3n) is 7.43. The highest BCUT2D eigenvalue weighted by Gasteiger charge is 2.53. The highest BCUT2D eigenvalue weighted by atomic mass is 16.5. The van der Waals surface area contributed by atoms with Gasteiger partial charge in [-0.15, -0.1) is 0 Å². The van der Waals surface area contributed by atoms with Crippen molar-refractivity contribution in [1.82, 2.24) is 19.3 Å². The van der Waals surface area contributed by atoms with Gasteiger partial charge >= 0.3 is 6.03 Å². The summed E-state index contributed by atoms with van der Waals surface area (Å²) in [6, 6.07) is 5.03. The SMILES string of the molecule is Cn1cccc1CN1CCC(N2C(=O)N(CC3CC3)CC23CCOCC3)CC1.